The van der Waals surface area contributed by atoms with Crippen LogP contribution in [0.4, 0.5) is 4.39 Å². The second-order valence-corrected chi connectivity index (χ2v) is 6.33. The molecule has 122 valence electrons. The average Bonchev–Trinajstić information content (AvgIpc) is 2.50. The molecule has 1 fully saturated rings. The Morgan fingerprint density at radius 2 is 1.95 bits per heavy atom. The number of hydrogen-bond donors (Lipinski definition) is 0. The van der Waals surface area contributed by atoms with Gasteiger partial charge >= 0.3 is 0 Å². The maximum atomic E-state index is 13.8. The minimum atomic E-state index is -0.258. The molecule has 6 heteroatoms. The molecule has 0 spiro atoms. The SMILES string of the molecule is CC(C(=O)N(C)C)N1CCN(Cc2c(F)cccc2Cl)CC1. The van der Waals surface area contributed by atoms with Crippen molar-refractivity contribution in [1.82, 2.24) is 14.7 Å². The summed E-state index contributed by atoms with van der Waals surface area (Å²) in [5.41, 5.74) is 0.551. The molecule has 0 N–H and O–H groups in total. The van der Waals surface area contributed by atoms with E-state index >= 15 is 0 Å². The number of hydrogen-bond acceptors (Lipinski definition) is 3. The summed E-state index contributed by atoms with van der Waals surface area (Å²) < 4.78 is 13.8. The molecule has 1 aromatic carbocycles. The number of benzene rings is 1. The Balaban J connectivity index is 1.91. The molecular formula is C16H23ClFN3O. The molecule has 1 aromatic rings. The standard InChI is InChI=1S/C16H23ClFN3O/c1-12(16(22)19(2)3)21-9-7-20(8-10-21)11-13-14(17)5-4-6-15(13)18/h4-6,12H,7-11H2,1-3H3. The lowest BCUT2D eigenvalue weighted by Crippen LogP contribution is -2.53. The first kappa shape index (κ1) is 17.2. The van der Waals surface area contributed by atoms with E-state index in [0.29, 0.717) is 17.1 Å². The van der Waals surface area contributed by atoms with Gasteiger partial charge in [0, 0.05) is 57.4 Å². The zero-order valence-electron chi connectivity index (χ0n) is 13.4. The van der Waals surface area contributed by atoms with Crippen LogP contribution in [0.5, 0.6) is 0 Å². The van der Waals surface area contributed by atoms with Crippen LogP contribution >= 0.6 is 11.6 Å². The lowest BCUT2D eigenvalue weighted by molar-refractivity contribution is -0.134. The largest absolute Gasteiger partial charge is 0.347 e. The Kier molecular flexibility index (Phi) is 5.78. The molecule has 0 aliphatic carbocycles. The van der Waals surface area contributed by atoms with E-state index in [1.807, 2.05) is 6.92 Å². The van der Waals surface area contributed by atoms with E-state index in [0.717, 1.165) is 26.2 Å². The predicted molar refractivity (Wildman–Crippen MR) is 86.4 cm³/mol. The number of halogens is 2. The van der Waals surface area contributed by atoms with E-state index in [1.54, 1.807) is 31.1 Å². The highest BCUT2D eigenvalue weighted by molar-refractivity contribution is 6.31. The van der Waals surface area contributed by atoms with Crippen LogP contribution in [0, 0.1) is 5.82 Å². The highest BCUT2D eigenvalue weighted by Crippen LogP contribution is 2.21. The molecule has 0 saturated carbocycles. The fourth-order valence-corrected chi connectivity index (χ4v) is 2.97. The first-order valence-corrected chi connectivity index (χ1v) is 7.88. The van der Waals surface area contributed by atoms with Crippen LogP contribution in [0.15, 0.2) is 18.2 Å². The summed E-state index contributed by atoms with van der Waals surface area (Å²) in [4.78, 5) is 18.0. The van der Waals surface area contributed by atoms with Gasteiger partial charge in [-0.2, -0.15) is 0 Å². The molecule has 1 aliphatic rings. The van der Waals surface area contributed by atoms with Gasteiger partial charge in [-0.3, -0.25) is 14.6 Å². The van der Waals surface area contributed by atoms with E-state index in [4.69, 9.17) is 11.6 Å². The second kappa shape index (κ2) is 7.40. The monoisotopic (exact) mass is 327 g/mol. The summed E-state index contributed by atoms with van der Waals surface area (Å²) in [5.74, 6) is -0.142. The van der Waals surface area contributed by atoms with Crippen molar-refractivity contribution in [2.24, 2.45) is 0 Å². The van der Waals surface area contributed by atoms with E-state index in [1.165, 1.54) is 6.07 Å². The zero-order valence-corrected chi connectivity index (χ0v) is 14.1. The minimum absolute atomic E-state index is 0.116. The van der Waals surface area contributed by atoms with Gasteiger partial charge in [0.2, 0.25) is 5.91 Å². The quantitative estimate of drug-likeness (QED) is 0.847. The molecule has 1 unspecified atom stereocenters. The van der Waals surface area contributed by atoms with Crippen LogP contribution in [-0.4, -0.2) is 66.9 Å². The van der Waals surface area contributed by atoms with E-state index in [-0.39, 0.29) is 17.8 Å². The third kappa shape index (κ3) is 3.97. The van der Waals surface area contributed by atoms with E-state index in [9.17, 15) is 9.18 Å². The molecule has 22 heavy (non-hydrogen) atoms. The van der Waals surface area contributed by atoms with E-state index in [2.05, 4.69) is 9.80 Å². The molecule has 1 amide bonds. The first-order chi connectivity index (χ1) is 10.4. The van der Waals surface area contributed by atoms with Gasteiger partial charge in [0.1, 0.15) is 5.82 Å². The second-order valence-electron chi connectivity index (χ2n) is 5.92. The summed E-state index contributed by atoms with van der Waals surface area (Å²) in [6.45, 7) is 5.64. The number of piperazine rings is 1. The number of rotatable bonds is 4. The van der Waals surface area contributed by atoms with Crippen LogP contribution in [0.3, 0.4) is 0 Å². The minimum Gasteiger partial charge on any atom is -0.347 e. The average molecular weight is 328 g/mol. The van der Waals surface area contributed by atoms with Gasteiger partial charge < -0.3 is 4.90 Å². The number of carbonyl (C=O) groups excluding carboxylic acids is 1. The van der Waals surface area contributed by atoms with Crippen molar-refractivity contribution < 1.29 is 9.18 Å². The van der Waals surface area contributed by atoms with Gasteiger partial charge in [-0.05, 0) is 19.1 Å². The summed E-state index contributed by atoms with van der Waals surface area (Å²) in [5, 5.41) is 0.471. The van der Waals surface area contributed by atoms with E-state index < -0.39 is 0 Å². The normalized spacial score (nSPS) is 18.2. The lowest BCUT2D eigenvalue weighted by Gasteiger charge is -2.38. The topological polar surface area (TPSA) is 26.8 Å². The molecule has 4 nitrogen and oxygen atoms in total. The smallest absolute Gasteiger partial charge is 0.239 e. The number of amides is 1. The van der Waals surface area contributed by atoms with Crippen molar-refractivity contribution in [2.45, 2.75) is 19.5 Å². The third-order valence-corrected chi connectivity index (χ3v) is 4.55. The van der Waals surface area contributed by atoms with Gasteiger partial charge in [-0.1, -0.05) is 17.7 Å². The number of nitrogens with zero attached hydrogens (tertiary/aromatic N) is 3. The van der Waals surface area contributed by atoms with Gasteiger partial charge in [-0.15, -0.1) is 0 Å². The molecule has 1 heterocycles. The lowest BCUT2D eigenvalue weighted by atomic mass is 10.1. The van der Waals surface area contributed by atoms with Gasteiger partial charge in [0.25, 0.3) is 0 Å². The fraction of sp³-hybridized carbons (Fsp3) is 0.562. The Hall–Kier alpha value is -1.17. The predicted octanol–water partition coefficient (Wildman–Crippen LogP) is 2.07. The van der Waals surface area contributed by atoms with Crippen molar-refractivity contribution in [1.29, 1.82) is 0 Å². The van der Waals surface area contributed by atoms with Crippen molar-refractivity contribution in [2.75, 3.05) is 40.3 Å². The van der Waals surface area contributed by atoms with Gasteiger partial charge in [0.05, 0.1) is 6.04 Å². The van der Waals surface area contributed by atoms with Crippen molar-refractivity contribution in [3.63, 3.8) is 0 Å². The molecule has 0 aromatic heterocycles. The molecule has 1 saturated heterocycles. The van der Waals surface area contributed by atoms with Crippen molar-refractivity contribution in [3.05, 3.63) is 34.6 Å². The highest BCUT2D eigenvalue weighted by atomic mass is 35.5. The van der Waals surface area contributed by atoms with Crippen molar-refractivity contribution >= 4 is 17.5 Å². The van der Waals surface area contributed by atoms with Crippen LogP contribution in [0.25, 0.3) is 0 Å². The Morgan fingerprint density at radius 3 is 2.50 bits per heavy atom. The molecule has 1 atom stereocenters. The molecule has 0 bridgehead atoms. The summed E-state index contributed by atoms with van der Waals surface area (Å²) in [7, 11) is 3.55. The Morgan fingerprint density at radius 1 is 1.32 bits per heavy atom. The van der Waals surface area contributed by atoms with Gasteiger partial charge in [-0.25, -0.2) is 4.39 Å². The Labute approximate surface area is 136 Å². The highest BCUT2D eigenvalue weighted by Gasteiger charge is 2.26. The summed E-state index contributed by atoms with van der Waals surface area (Å²) in [6, 6.07) is 4.66. The third-order valence-electron chi connectivity index (χ3n) is 4.20. The zero-order chi connectivity index (χ0) is 16.3. The first-order valence-electron chi connectivity index (χ1n) is 7.50. The number of carbonyl (C=O) groups is 1. The van der Waals surface area contributed by atoms with Crippen molar-refractivity contribution in [3.8, 4) is 0 Å². The maximum absolute atomic E-state index is 13.8. The molecule has 0 radical (unpaired) electrons. The molecular weight excluding hydrogens is 305 g/mol. The molecule has 1 aliphatic heterocycles. The number of likely N-dealkylation sites (N-methyl/N-ethyl adjacent to an activating group) is 1. The van der Waals surface area contributed by atoms with Crippen LogP contribution < -0.4 is 0 Å². The fourth-order valence-electron chi connectivity index (χ4n) is 2.75. The Bertz CT molecular complexity index is 510. The van der Waals surface area contributed by atoms with Crippen LogP contribution in [0.1, 0.15) is 12.5 Å². The summed E-state index contributed by atoms with van der Waals surface area (Å²) >= 11 is 6.08. The summed E-state index contributed by atoms with van der Waals surface area (Å²) in [6.07, 6.45) is 0. The van der Waals surface area contributed by atoms with Gasteiger partial charge in [0.15, 0.2) is 0 Å². The van der Waals surface area contributed by atoms with Crippen LogP contribution in [-0.2, 0) is 11.3 Å². The van der Waals surface area contributed by atoms with Crippen LogP contribution in [0.2, 0.25) is 5.02 Å². The molecule has 2 rings (SSSR count). The maximum Gasteiger partial charge on any atom is 0.239 e.